The molecule has 116 valence electrons. The Morgan fingerprint density at radius 2 is 2.04 bits per heavy atom. The van der Waals surface area contributed by atoms with Gasteiger partial charge in [-0.25, -0.2) is 4.98 Å². The van der Waals surface area contributed by atoms with Crippen LogP contribution in [0.25, 0.3) is 23.1 Å². The second-order valence-corrected chi connectivity index (χ2v) is 7.23. The highest BCUT2D eigenvalue weighted by Gasteiger charge is 2.08. The van der Waals surface area contributed by atoms with Gasteiger partial charge in [0.25, 0.3) is 5.56 Å². The molecule has 0 saturated heterocycles. The van der Waals surface area contributed by atoms with Crippen LogP contribution in [-0.2, 0) is 6.54 Å². The van der Waals surface area contributed by atoms with Crippen molar-refractivity contribution in [2.24, 2.45) is 0 Å². The minimum absolute atomic E-state index is 0.00454. The summed E-state index contributed by atoms with van der Waals surface area (Å²) in [4.78, 5) is 17.3. The second-order valence-electron chi connectivity index (χ2n) is 5.07. The van der Waals surface area contributed by atoms with Crippen LogP contribution in [0.15, 0.2) is 51.7 Å². The van der Waals surface area contributed by atoms with Gasteiger partial charge in [0.2, 0.25) is 0 Å². The van der Waals surface area contributed by atoms with Gasteiger partial charge in [-0.05, 0) is 71.5 Å². The lowest BCUT2D eigenvalue weighted by Gasteiger charge is -2.09. The molecule has 0 unspecified atom stereocenters. The Labute approximate surface area is 156 Å². The largest absolute Gasteiger partial charge is 0.293 e. The number of hydrogen-bond acceptors (Lipinski definition) is 2. The zero-order valence-electron chi connectivity index (χ0n) is 12.5. The summed E-state index contributed by atoms with van der Waals surface area (Å²) in [6.45, 7) is 2.55. The number of halogens is 2. The van der Waals surface area contributed by atoms with Crippen molar-refractivity contribution in [3.8, 4) is 0 Å². The van der Waals surface area contributed by atoms with E-state index in [9.17, 15) is 4.79 Å². The smallest absolute Gasteiger partial charge is 0.261 e. The average molecular weight is 481 g/mol. The van der Waals surface area contributed by atoms with Crippen molar-refractivity contribution in [3.05, 3.63) is 72.2 Å². The highest BCUT2D eigenvalue weighted by molar-refractivity contribution is 14.1. The Bertz CT molecular complexity index is 963. The summed E-state index contributed by atoms with van der Waals surface area (Å²) in [7, 11) is 0. The molecule has 0 atom stereocenters. The van der Waals surface area contributed by atoms with E-state index in [1.807, 2.05) is 61.5 Å². The van der Waals surface area contributed by atoms with Crippen molar-refractivity contribution in [2.75, 3.05) is 0 Å². The summed E-state index contributed by atoms with van der Waals surface area (Å²) in [6, 6.07) is 13.7. The number of benzene rings is 2. The molecule has 5 heteroatoms. The van der Waals surface area contributed by atoms with Gasteiger partial charge in [-0.1, -0.05) is 34.1 Å². The van der Waals surface area contributed by atoms with Crippen LogP contribution in [0.4, 0.5) is 0 Å². The van der Waals surface area contributed by atoms with Crippen LogP contribution >= 0.6 is 38.5 Å². The van der Waals surface area contributed by atoms with Gasteiger partial charge in [-0.2, -0.15) is 0 Å². The summed E-state index contributed by atoms with van der Waals surface area (Å²) in [5.74, 6) is 0.672. The predicted octanol–water partition coefficient (Wildman–Crippen LogP) is 4.95. The highest BCUT2D eigenvalue weighted by atomic mass is 127. The molecule has 3 nitrogen and oxygen atoms in total. The first-order valence-electron chi connectivity index (χ1n) is 7.22. The zero-order valence-corrected chi connectivity index (χ0v) is 16.2. The van der Waals surface area contributed by atoms with Gasteiger partial charge in [0.15, 0.2) is 0 Å². The van der Waals surface area contributed by atoms with E-state index in [0.29, 0.717) is 17.8 Å². The lowest BCUT2D eigenvalue weighted by atomic mass is 10.2. The normalized spacial score (nSPS) is 11.4. The Kier molecular flexibility index (Phi) is 4.96. The molecule has 23 heavy (non-hydrogen) atoms. The Hall–Kier alpha value is -1.47. The topological polar surface area (TPSA) is 34.9 Å². The maximum atomic E-state index is 12.7. The molecule has 1 heterocycles. The van der Waals surface area contributed by atoms with Gasteiger partial charge < -0.3 is 0 Å². The van der Waals surface area contributed by atoms with E-state index < -0.39 is 0 Å². The van der Waals surface area contributed by atoms with Gasteiger partial charge in [-0.15, -0.1) is 0 Å². The highest BCUT2D eigenvalue weighted by Crippen LogP contribution is 2.16. The SMILES string of the molecule is CCn1c(C=Cc2cccc(Br)c2)nc2ccc(I)cc2c1=O. The van der Waals surface area contributed by atoms with E-state index in [1.54, 1.807) is 4.57 Å². The van der Waals surface area contributed by atoms with Crippen LogP contribution in [0.2, 0.25) is 0 Å². The monoisotopic (exact) mass is 480 g/mol. The van der Waals surface area contributed by atoms with E-state index in [1.165, 1.54) is 0 Å². The zero-order chi connectivity index (χ0) is 16.4. The molecular formula is C18H14BrIN2O. The first kappa shape index (κ1) is 16.4. The number of aromatic nitrogens is 2. The third-order valence-electron chi connectivity index (χ3n) is 3.54. The van der Waals surface area contributed by atoms with Crippen LogP contribution in [0.3, 0.4) is 0 Å². The first-order valence-corrected chi connectivity index (χ1v) is 9.09. The van der Waals surface area contributed by atoms with Crippen LogP contribution in [0, 0.1) is 3.57 Å². The van der Waals surface area contributed by atoms with Crippen LogP contribution in [0.1, 0.15) is 18.3 Å². The number of rotatable bonds is 3. The predicted molar refractivity (Wildman–Crippen MR) is 107 cm³/mol. The molecule has 0 saturated carbocycles. The molecule has 2 aromatic carbocycles. The quantitative estimate of drug-likeness (QED) is 0.497. The van der Waals surface area contributed by atoms with E-state index >= 15 is 0 Å². The number of hydrogen-bond donors (Lipinski definition) is 0. The number of nitrogens with zero attached hydrogens (tertiary/aromatic N) is 2. The maximum absolute atomic E-state index is 12.7. The fourth-order valence-corrected chi connectivity index (χ4v) is 3.33. The molecule has 0 aliphatic heterocycles. The van der Waals surface area contributed by atoms with Crippen molar-refractivity contribution in [2.45, 2.75) is 13.5 Å². The average Bonchev–Trinajstić information content (AvgIpc) is 2.54. The van der Waals surface area contributed by atoms with E-state index in [4.69, 9.17) is 0 Å². The molecule has 1 aromatic heterocycles. The molecule has 0 aliphatic rings. The molecule has 0 N–H and O–H groups in total. The summed E-state index contributed by atoms with van der Waals surface area (Å²) in [5.41, 5.74) is 1.79. The standard InChI is InChI=1S/C18H14BrIN2O/c1-2-22-17(9-6-12-4-3-5-13(19)10-12)21-16-8-7-14(20)11-15(16)18(22)23/h3-11H,2H2,1H3. The van der Waals surface area contributed by atoms with Gasteiger partial charge in [0, 0.05) is 14.6 Å². The van der Waals surface area contributed by atoms with Gasteiger partial charge >= 0.3 is 0 Å². The van der Waals surface area contributed by atoms with Crippen LogP contribution in [-0.4, -0.2) is 9.55 Å². The molecule has 0 amide bonds. The van der Waals surface area contributed by atoms with E-state index in [2.05, 4.69) is 43.5 Å². The minimum Gasteiger partial charge on any atom is -0.293 e. The van der Waals surface area contributed by atoms with Crippen molar-refractivity contribution in [3.63, 3.8) is 0 Å². The fourth-order valence-electron chi connectivity index (χ4n) is 2.42. The summed E-state index contributed by atoms with van der Waals surface area (Å²) < 4.78 is 3.76. The maximum Gasteiger partial charge on any atom is 0.261 e. The van der Waals surface area contributed by atoms with Crippen molar-refractivity contribution in [1.29, 1.82) is 0 Å². The molecule has 3 aromatic rings. The van der Waals surface area contributed by atoms with Gasteiger partial charge in [-0.3, -0.25) is 9.36 Å². The van der Waals surface area contributed by atoms with Crippen LogP contribution < -0.4 is 5.56 Å². The minimum atomic E-state index is 0.00454. The molecular weight excluding hydrogens is 467 g/mol. The van der Waals surface area contributed by atoms with Crippen molar-refractivity contribution >= 4 is 61.6 Å². The fraction of sp³-hybridized carbons (Fsp3) is 0.111. The molecule has 0 bridgehead atoms. The van der Waals surface area contributed by atoms with Crippen LogP contribution in [0.5, 0.6) is 0 Å². The molecule has 0 radical (unpaired) electrons. The third kappa shape index (κ3) is 3.55. The lowest BCUT2D eigenvalue weighted by Crippen LogP contribution is -2.23. The Morgan fingerprint density at radius 3 is 2.78 bits per heavy atom. The third-order valence-corrected chi connectivity index (χ3v) is 4.70. The lowest BCUT2D eigenvalue weighted by molar-refractivity contribution is 0.708. The molecule has 0 spiro atoms. The van der Waals surface area contributed by atoms with Gasteiger partial charge in [0.05, 0.1) is 10.9 Å². The van der Waals surface area contributed by atoms with Crippen molar-refractivity contribution < 1.29 is 0 Å². The van der Waals surface area contributed by atoms with Gasteiger partial charge in [0.1, 0.15) is 5.82 Å². The van der Waals surface area contributed by atoms with Crippen molar-refractivity contribution in [1.82, 2.24) is 9.55 Å². The van der Waals surface area contributed by atoms with E-state index in [-0.39, 0.29) is 5.56 Å². The molecule has 0 aliphatic carbocycles. The number of fused-ring (bicyclic) bond motifs is 1. The summed E-state index contributed by atoms with van der Waals surface area (Å²) >= 11 is 5.67. The second kappa shape index (κ2) is 6.97. The molecule has 0 fully saturated rings. The Balaban J connectivity index is 2.13. The Morgan fingerprint density at radius 1 is 1.22 bits per heavy atom. The first-order chi connectivity index (χ1) is 11.1. The summed E-state index contributed by atoms with van der Waals surface area (Å²) in [5, 5.41) is 0.665. The van der Waals surface area contributed by atoms with E-state index in [0.717, 1.165) is 19.1 Å². The molecule has 3 rings (SSSR count). The summed E-state index contributed by atoms with van der Waals surface area (Å²) in [6.07, 6.45) is 3.86.